The third kappa shape index (κ3) is 5.32. The van der Waals surface area contributed by atoms with Gasteiger partial charge in [0, 0.05) is 12.0 Å². The van der Waals surface area contributed by atoms with Crippen molar-refractivity contribution in [2.24, 2.45) is 0 Å². The van der Waals surface area contributed by atoms with Gasteiger partial charge in [0.25, 0.3) is 0 Å². The number of benzene rings is 4. The molecule has 0 aromatic heterocycles. The third-order valence-electron chi connectivity index (χ3n) is 5.95. The Kier molecular flexibility index (Phi) is 8.49. The van der Waals surface area contributed by atoms with E-state index in [4.69, 9.17) is 4.74 Å². The van der Waals surface area contributed by atoms with Crippen molar-refractivity contribution in [3.05, 3.63) is 139 Å². The molecule has 0 fully saturated rings. The summed E-state index contributed by atoms with van der Waals surface area (Å²) >= 11 is 0. The standard InChI is InChI=1S/C32H29O3P/c1-2-35-32(34)31(25-15-24-30(33)26-16-7-3-8-17-26)36(27-18-9-4-10-19-27,28-20-11-5-12-21-28)29-22-13-6-14-23-29/h3-23,25H,2,24H2,1H3. The number of ether oxygens (including phenoxy) is 1. The summed E-state index contributed by atoms with van der Waals surface area (Å²) in [5.74, 6) is -0.371. The zero-order valence-electron chi connectivity index (χ0n) is 20.3. The Labute approximate surface area is 213 Å². The van der Waals surface area contributed by atoms with Crippen LogP contribution in [0.3, 0.4) is 0 Å². The maximum absolute atomic E-state index is 13.7. The van der Waals surface area contributed by atoms with Crippen LogP contribution in [0.2, 0.25) is 0 Å². The van der Waals surface area contributed by atoms with Crippen molar-refractivity contribution in [2.45, 2.75) is 13.3 Å². The number of Topliss-reactive ketones (excluding diaryl/α,β-unsaturated/α-hetero) is 1. The first kappa shape index (κ1) is 25.2. The van der Waals surface area contributed by atoms with Gasteiger partial charge in [-0.3, -0.25) is 4.79 Å². The van der Waals surface area contributed by atoms with E-state index in [1.54, 1.807) is 18.2 Å². The van der Waals surface area contributed by atoms with Gasteiger partial charge in [0.1, 0.15) is 0 Å². The molecule has 0 aliphatic rings. The van der Waals surface area contributed by atoms with E-state index >= 15 is 0 Å². The maximum atomic E-state index is 13.7. The van der Waals surface area contributed by atoms with Crippen LogP contribution in [0.5, 0.6) is 0 Å². The molecule has 0 bridgehead atoms. The topological polar surface area (TPSA) is 43.4 Å². The van der Waals surface area contributed by atoms with E-state index in [2.05, 4.69) is 36.4 Å². The smallest absolute Gasteiger partial charge is 0.339 e. The molecular formula is C32H29O3P. The fourth-order valence-electron chi connectivity index (χ4n) is 4.36. The summed E-state index contributed by atoms with van der Waals surface area (Å²) in [4.78, 5) is 26.5. The van der Waals surface area contributed by atoms with E-state index < -0.39 is 6.89 Å². The van der Waals surface area contributed by atoms with Crippen LogP contribution >= 0.6 is 6.89 Å². The minimum atomic E-state index is -2.64. The Morgan fingerprint density at radius 3 is 1.50 bits per heavy atom. The average Bonchev–Trinajstić information content (AvgIpc) is 2.95. The van der Waals surface area contributed by atoms with Crippen LogP contribution in [0.25, 0.3) is 0 Å². The Morgan fingerprint density at radius 1 is 0.667 bits per heavy atom. The van der Waals surface area contributed by atoms with Crippen molar-refractivity contribution in [3.63, 3.8) is 0 Å². The summed E-state index contributed by atoms with van der Waals surface area (Å²) in [5, 5.41) is 3.70. The summed E-state index contributed by atoms with van der Waals surface area (Å²) in [6.45, 7) is -0.564. The summed E-state index contributed by atoms with van der Waals surface area (Å²) in [7, 11) is 0. The molecule has 4 heteroatoms. The first-order valence-corrected chi connectivity index (χ1v) is 13.8. The summed E-state index contributed by atoms with van der Waals surface area (Å²) < 4.78 is 5.63. The van der Waals surface area contributed by atoms with Gasteiger partial charge < -0.3 is 4.74 Å². The predicted octanol–water partition coefficient (Wildman–Crippen LogP) is 5.55. The van der Waals surface area contributed by atoms with Gasteiger partial charge in [-0.1, -0.05) is 133 Å². The molecule has 3 nitrogen and oxygen atoms in total. The van der Waals surface area contributed by atoms with Crippen LogP contribution in [0.15, 0.2) is 133 Å². The molecule has 0 saturated carbocycles. The average molecular weight is 493 g/mol. The molecule has 0 saturated heterocycles. The summed E-state index contributed by atoms with van der Waals surface area (Å²) in [6.07, 6.45) is 3.80. The van der Waals surface area contributed by atoms with Crippen molar-refractivity contribution >= 4 is 39.8 Å². The van der Waals surface area contributed by atoms with Crippen molar-refractivity contribution in [1.82, 2.24) is 0 Å². The maximum Gasteiger partial charge on any atom is 0.339 e. The highest BCUT2D eigenvalue weighted by Gasteiger charge is 2.32. The lowest BCUT2D eigenvalue weighted by atomic mass is 10.1. The molecule has 0 spiro atoms. The molecule has 0 radical (unpaired) electrons. The molecule has 4 aromatic rings. The van der Waals surface area contributed by atoms with Gasteiger partial charge in [-0.2, -0.15) is 0 Å². The minimum absolute atomic E-state index is 0.00174. The second-order valence-corrected chi connectivity index (χ2v) is 11.6. The Hall–Kier alpha value is -3.94. The van der Waals surface area contributed by atoms with Gasteiger partial charge in [-0.25, -0.2) is 4.79 Å². The van der Waals surface area contributed by atoms with Gasteiger partial charge in [0.05, 0.1) is 11.9 Å². The quantitative estimate of drug-likeness (QED) is 0.175. The highest BCUT2D eigenvalue weighted by molar-refractivity contribution is 7.96. The molecule has 180 valence electrons. The molecule has 0 aliphatic heterocycles. The lowest BCUT2D eigenvalue weighted by Gasteiger charge is -2.31. The summed E-state index contributed by atoms with van der Waals surface area (Å²) in [6, 6.07) is 39.6. The lowest BCUT2D eigenvalue weighted by Crippen LogP contribution is -2.33. The van der Waals surface area contributed by atoms with Crippen molar-refractivity contribution in [1.29, 1.82) is 0 Å². The zero-order valence-corrected chi connectivity index (χ0v) is 21.2. The first-order chi connectivity index (χ1) is 17.7. The molecule has 0 heterocycles. The van der Waals surface area contributed by atoms with E-state index in [-0.39, 0.29) is 24.8 Å². The van der Waals surface area contributed by atoms with Gasteiger partial charge >= 0.3 is 5.97 Å². The predicted molar refractivity (Wildman–Crippen MR) is 151 cm³/mol. The first-order valence-electron chi connectivity index (χ1n) is 12.0. The Balaban J connectivity index is 2.02. The largest absolute Gasteiger partial charge is 0.462 e. The molecular weight excluding hydrogens is 463 g/mol. The van der Waals surface area contributed by atoms with Gasteiger partial charge in [0.2, 0.25) is 0 Å². The molecule has 4 aromatic carbocycles. The van der Waals surface area contributed by atoms with Crippen LogP contribution in [0.1, 0.15) is 23.7 Å². The summed E-state index contributed by atoms with van der Waals surface area (Å²) in [5.41, 5.74) is 0.648. The fraction of sp³-hybridized carbons (Fsp3) is 0.0938. The van der Waals surface area contributed by atoms with Gasteiger partial charge in [-0.05, 0) is 29.7 Å². The monoisotopic (exact) mass is 492 g/mol. The number of carbonyl (C=O) groups excluding carboxylic acids is 2. The number of hydrogen-bond acceptors (Lipinski definition) is 3. The van der Waals surface area contributed by atoms with Crippen LogP contribution in [0.4, 0.5) is 0 Å². The number of rotatable bonds is 9. The van der Waals surface area contributed by atoms with Crippen molar-refractivity contribution < 1.29 is 14.3 Å². The van der Waals surface area contributed by atoms with Gasteiger partial charge in [0.15, 0.2) is 5.78 Å². The van der Waals surface area contributed by atoms with E-state index in [1.807, 2.05) is 85.8 Å². The second-order valence-electron chi connectivity index (χ2n) is 8.18. The molecule has 0 unspecified atom stereocenters. The molecule has 0 amide bonds. The molecule has 0 atom stereocenters. The van der Waals surface area contributed by atoms with Crippen LogP contribution in [-0.2, 0) is 9.53 Å². The molecule has 4 rings (SSSR count). The zero-order chi connectivity index (χ0) is 25.2. The Bertz CT molecular complexity index is 1270. The number of esters is 1. The van der Waals surface area contributed by atoms with Crippen LogP contribution < -0.4 is 15.9 Å². The number of ketones is 1. The molecule has 0 aliphatic carbocycles. The van der Waals surface area contributed by atoms with Crippen molar-refractivity contribution in [3.8, 4) is 0 Å². The Morgan fingerprint density at radius 2 is 1.08 bits per heavy atom. The highest BCUT2D eigenvalue weighted by Crippen LogP contribution is 2.46. The lowest BCUT2D eigenvalue weighted by molar-refractivity contribution is -0.134. The number of carbonyl (C=O) groups is 2. The number of allylic oxidation sites excluding steroid dienone is 1. The normalized spacial score (nSPS) is 11.2. The molecule has 36 heavy (non-hydrogen) atoms. The van der Waals surface area contributed by atoms with Crippen molar-refractivity contribution in [2.75, 3.05) is 6.61 Å². The van der Waals surface area contributed by atoms with E-state index in [1.165, 1.54) is 0 Å². The van der Waals surface area contributed by atoms with E-state index in [0.717, 1.165) is 15.9 Å². The third-order valence-corrected chi connectivity index (χ3v) is 10.2. The minimum Gasteiger partial charge on any atom is -0.462 e. The molecule has 0 N–H and O–H groups in total. The van der Waals surface area contributed by atoms with Crippen LogP contribution in [0, 0.1) is 0 Å². The van der Waals surface area contributed by atoms with Gasteiger partial charge in [-0.15, -0.1) is 0 Å². The highest BCUT2D eigenvalue weighted by atomic mass is 31.2. The fourth-order valence-corrected chi connectivity index (χ4v) is 8.61. The number of hydrogen-bond donors (Lipinski definition) is 0. The second kappa shape index (κ2) is 12.2. The SMILES string of the molecule is CCOC(=O)C(C=CCC(=O)c1ccccc1)=P(c1ccccc1)(c1ccccc1)c1ccccc1. The van der Waals surface area contributed by atoms with Crippen LogP contribution in [-0.4, -0.2) is 23.7 Å². The van der Waals surface area contributed by atoms with E-state index in [0.29, 0.717) is 10.9 Å². The van der Waals surface area contributed by atoms with E-state index in [9.17, 15) is 9.59 Å².